The maximum Gasteiger partial charge on any atom is 0.269 e. The first-order valence-electron chi connectivity index (χ1n) is 6.15. The van der Waals surface area contributed by atoms with Gasteiger partial charge in [-0.2, -0.15) is 0 Å². The molecule has 0 fully saturated rings. The molecule has 6 heteroatoms. The number of carbonyl (C=O) groups excluding carboxylic acids is 2. The van der Waals surface area contributed by atoms with E-state index in [1.165, 1.54) is 12.3 Å². The Bertz CT molecular complexity index is 449. The van der Waals surface area contributed by atoms with Gasteiger partial charge in [0.05, 0.1) is 0 Å². The molecule has 1 rings (SSSR count). The van der Waals surface area contributed by atoms with Crippen molar-refractivity contribution in [3.8, 4) is 0 Å². The normalized spacial score (nSPS) is 10.3. The largest absolute Gasteiger partial charge is 0.356 e. The fraction of sp³-hybridized carbons (Fsp3) is 0.462. The predicted molar refractivity (Wildman–Crippen MR) is 74.0 cm³/mol. The van der Waals surface area contributed by atoms with Gasteiger partial charge < -0.3 is 10.6 Å². The maximum atomic E-state index is 11.7. The van der Waals surface area contributed by atoms with Crippen LogP contribution in [0.25, 0.3) is 0 Å². The Morgan fingerprint density at radius 2 is 2.11 bits per heavy atom. The summed E-state index contributed by atoms with van der Waals surface area (Å²) in [5, 5.41) is 5.86. The first kappa shape index (κ1) is 15.4. The van der Waals surface area contributed by atoms with Crippen molar-refractivity contribution < 1.29 is 9.59 Å². The Morgan fingerprint density at radius 3 is 2.74 bits per heavy atom. The molecule has 104 valence electrons. The maximum absolute atomic E-state index is 11.7. The number of pyridine rings is 1. The quantitative estimate of drug-likeness (QED) is 0.833. The SMILES string of the molecule is CC(C)CNC(=O)CCNC(=O)c1cc(Cl)ccn1. The highest BCUT2D eigenvalue weighted by molar-refractivity contribution is 6.30. The zero-order valence-corrected chi connectivity index (χ0v) is 11.8. The molecule has 0 bridgehead atoms. The van der Waals surface area contributed by atoms with Gasteiger partial charge in [0.15, 0.2) is 0 Å². The molecule has 0 saturated heterocycles. The Kier molecular flexibility index (Phi) is 6.29. The second kappa shape index (κ2) is 7.74. The molecular formula is C13H18ClN3O2. The van der Waals surface area contributed by atoms with Crippen LogP contribution < -0.4 is 10.6 Å². The number of carbonyl (C=O) groups is 2. The Morgan fingerprint density at radius 1 is 1.37 bits per heavy atom. The molecule has 0 aliphatic rings. The van der Waals surface area contributed by atoms with Crippen LogP contribution in [-0.2, 0) is 4.79 Å². The van der Waals surface area contributed by atoms with Crippen LogP contribution in [-0.4, -0.2) is 29.9 Å². The number of nitrogens with one attached hydrogen (secondary N) is 2. The number of nitrogens with zero attached hydrogens (tertiary/aromatic N) is 1. The third kappa shape index (κ3) is 6.20. The molecule has 2 amide bonds. The summed E-state index contributed by atoms with van der Waals surface area (Å²) in [4.78, 5) is 27.0. The number of hydrogen-bond donors (Lipinski definition) is 2. The lowest BCUT2D eigenvalue weighted by molar-refractivity contribution is -0.121. The van der Waals surface area contributed by atoms with Gasteiger partial charge in [0.25, 0.3) is 5.91 Å². The number of amides is 2. The van der Waals surface area contributed by atoms with Crippen LogP contribution in [0, 0.1) is 5.92 Å². The van der Waals surface area contributed by atoms with Gasteiger partial charge in [-0.3, -0.25) is 14.6 Å². The lowest BCUT2D eigenvalue weighted by Crippen LogP contribution is -2.32. The molecule has 2 N–H and O–H groups in total. The highest BCUT2D eigenvalue weighted by atomic mass is 35.5. The summed E-state index contributed by atoms with van der Waals surface area (Å²) >= 11 is 5.76. The van der Waals surface area contributed by atoms with E-state index in [0.717, 1.165) is 0 Å². The van der Waals surface area contributed by atoms with Crippen LogP contribution >= 0.6 is 11.6 Å². The van der Waals surface area contributed by atoms with Gasteiger partial charge >= 0.3 is 0 Å². The van der Waals surface area contributed by atoms with Crippen LogP contribution in [0.2, 0.25) is 5.02 Å². The minimum Gasteiger partial charge on any atom is -0.356 e. The molecule has 19 heavy (non-hydrogen) atoms. The van der Waals surface area contributed by atoms with E-state index < -0.39 is 0 Å². The van der Waals surface area contributed by atoms with Crippen molar-refractivity contribution in [3.63, 3.8) is 0 Å². The second-order valence-electron chi connectivity index (χ2n) is 4.56. The minimum absolute atomic E-state index is 0.0759. The van der Waals surface area contributed by atoms with E-state index in [1.807, 2.05) is 13.8 Å². The molecule has 0 aliphatic heterocycles. The summed E-state index contributed by atoms with van der Waals surface area (Å²) in [5.74, 6) is 0.00131. The Labute approximate surface area is 117 Å². The number of aromatic nitrogens is 1. The third-order valence-electron chi connectivity index (χ3n) is 2.30. The number of rotatable bonds is 6. The van der Waals surface area contributed by atoms with E-state index in [9.17, 15) is 9.59 Å². The van der Waals surface area contributed by atoms with Gasteiger partial charge in [0.2, 0.25) is 5.91 Å². The summed E-state index contributed by atoms with van der Waals surface area (Å²) < 4.78 is 0. The summed E-state index contributed by atoms with van der Waals surface area (Å²) in [6.07, 6.45) is 1.71. The molecule has 1 aromatic heterocycles. The molecule has 1 heterocycles. The van der Waals surface area contributed by atoms with Gasteiger partial charge in [-0.15, -0.1) is 0 Å². The molecule has 0 aliphatic carbocycles. The van der Waals surface area contributed by atoms with Gasteiger partial charge in [-0.25, -0.2) is 0 Å². The van der Waals surface area contributed by atoms with Gasteiger partial charge in [0, 0.05) is 30.7 Å². The number of hydrogen-bond acceptors (Lipinski definition) is 3. The molecule has 1 aromatic rings. The van der Waals surface area contributed by atoms with Crippen molar-refractivity contribution in [3.05, 3.63) is 29.0 Å². The van der Waals surface area contributed by atoms with E-state index in [1.54, 1.807) is 6.07 Å². The van der Waals surface area contributed by atoms with Crippen LogP contribution in [0.1, 0.15) is 30.8 Å². The second-order valence-corrected chi connectivity index (χ2v) is 5.00. The highest BCUT2D eigenvalue weighted by Gasteiger charge is 2.08. The first-order valence-corrected chi connectivity index (χ1v) is 6.53. The monoisotopic (exact) mass is 283 g/mol. The lowest BCUT2D eigenvalue weighted by atomic mass is 10.2. The van der Waals surface area contributed by atoms with Crippen molar-refractivity contribution in [1.29, 1.82) is 0 Å². The fourth-order valence-electron chi connectivity index (χ4n) is 1.32. The standard InChI is InChI=1S/C13H18ClN3O2/c1-9(2)8-17-12(18)4-6-16-13(19)11-7-10(14)3-5-15-11/h3,5,7,9H,4,6,8H2,1-2H3,(H,16,19)(H,17,18). The van der Waals surface area contributed by atoms with Crippen molar-refractivity contribution >= 4 is 23.4 Å². The van der Waals surface area contributed by atoms with Crippen molar-refractivity contribution in [1.82, 2.24) is 15.6 Å². The zero-order chi connectivity index (χ0) is 14.3. The van der Waals surface area contributed by atoms with Crippen LogP contribution in [0.15, 0.2) is 18.3 Å². The predicted octanol–water partition coefficient (Wildman–Crippen LogP) is 1.63. The zero-order valence-electron chi connectivity index (χ0n) is 11.1. The van der Waals surface area contributed by atoms with Gasteiger partial charge in [-0.05, 0) is 18.1 Å². The average molecular weight is 284 g/mol. The molecule has 0 atom stereocenters. The molecule has 5 nitrogen and oxygen atoms in total. The third-order valence-corrected chi connectivity index (χ3v) is 2.53. The van der Waals surface area contributed by atoms with E-state index in [-0.39, 0.29) is 30.5 Å². The first-order chi connectivity index (χ1) is 8.99. The average Bonchev–Trinajstić information content (AvgIpc) is 2.36. The molecule has 0 spiro atoms. The summed E-state index contributed by atoms with van der Waals surface area (Å²) in [7, 11) is 0. The van der Waals surface area contributed by atoms with E-state index in [0.29, 0.717) is 17.5 Å². The van der Waals surface area contributed by atoms with Gasteiger partial charge in [-0.1, -0.05) is 25.4 Å². The summed E-state index contributed by atoms with van der Waals surface area (Å²) in [6, 6.07) is 3.08. The lowest BCUT2D eigenvalue weighted by Gasteiger charge is -2.08. The summed E-state index contributed by atoms with van der Waals surface area (Å²) in [6.45, 7) is 4.96. The molecule has 0 saturated carbocycles. The van der Waals surface area contributed by atoms with E-state index >= 15 is 0 Å². The van der Waals surface area contributed by atoms with Crippen molar-refractivity contribution in [2.45, 2.75) is 20.3 Å². The van der Waals surface area contributed by atoms with E-state index in [2.05, 4.69) is 15.6 Å². The Hall–Kier alpha value is -1.62. The molecular weight excluding hydrogens is 266 g/mol. The Balaban J connectivity index is 2.29. The van der Waals surface area contributed by atoms with Crippen LogP contribution in [0.3, 0.4) is 0 Å². The summed E-state index contributed by atoms with van der Waals surface area (Å²) in [5.41, 5.74) is 0.245. The number of halogens is 1. The fourth-order valence-corrected chi connectivity index (χ4v) is 1.48. The van der Waals surface area contributed by atoms with Gasteiger partial charge in [0.1, 0.15) is 5.69 Å². The topological polar surface area (TPSA) is 71.1 Å². The van der Waals surface area contributed by atoms with Crippen LogP contribution in [0.4, 0.5) is 0 Å². The molecule has 0 aromatic carbocycles. The van der Waals surface area contributed by atoms with E-state index in [4.69, 9.17) is 11.6 Å². The highest BCUT2D eigenvalue weighted by Crippen LogP contribution is 2.07. The smallest absolute Gasteiger partial charge is 0.269 e. The molecule has 0 unspecified atom stereocenters. The van der Waals surface area contributed by atoms with Crippen LogP contribution in [0.5, 0.6) is 0 Å². The molecule has 0 radical (unpaired) electrons. The van der Waals surface area contributed by atoms with Crippen molar-refractivity contribution in [2.24, 2.45) is 5.92 Å². The minimum atomic E-state index is -0.334. The van der Waals surface area contributed by atoms with Crippen molar-refractivity contribution in [2.75, 3.05) is 13.1 Å².